The van der Waals surface area contributed by atoms with E-state index < -0.39 is 0 Å². The molecule has 3 nitrogen and oxygen atoms in total. The second kappa shape index (κ2) is 5.23. The van der Waals surface area contributed by atoms with Gasteiger partial charge in [-0.25, -0.2) is 0 Å². The van der Waals surface area contributed by atoms with Crippen LogP contribution in [-0.4, -0.2) is 17.5 Å². The SMILES string of the molecule is Cc1oc(CN)cc1CN(CC1CC1)C(C)C. The van der Waals surface area contributed by atoms with Gasteiger partial charge in [0.25, 0.3) is 0 Å². The van der Waals surface area contributed by atoms with Gasteiger partial charge in [-0.2, -0.15) is 0 Å². The quantitative estimate of drug-likeness (QED) is 0.825. The van der Waals surface area contributed by atoms with Crippen molar-refractivity contribution in [2.45, 2.75) is 52.7 Å². The summed E-state index contributed by atoms with van der Waals surface area (Å²) in [6, 6.07) is 2.70. The highest BCUT2D eigenvalue weighted by atomic mass is 16.3. The lowest BCUT2D eigenvalue weighted by Gasteiger charge is -2.26. The molecule has 0 spiro atoms. The average Bonchev–Trinajstić information content (AvgIpc) is 3.02. The lowest BCUT2D eigenvalue weighted by molar-refractivity contribution is 0.202. The average molecular weight is 236 g/mol. The van der Waals surface area contributed by atoms with Crippen LogP contribution in [0.2, 0.25) is 0 Å². The van der Waals surface area contributed by atoms with Crippen LogP contribution in [0.25, 0.3) is 0 Å². The summed E-state index contributed by atoms with van der Waals surface area (Å²) in [5.74, 6) is 2.85. The van der Waals surface area contributed by atoms with Gasteiger partial charge in [-0.1, -0.05) is 0 Å². The summed E-state index contributed by atoms with van der Waals surface area (Å²) in [5, 5.41) is 0. The molecule has 2 N–H and O–H groups in total. The first kappa shape index (κ1) is 12.7. The molecule has 3 heteroatoms. The highest BCUT2D eigenvalue weighted by Crippen LogP contribution is 2.31. The number of rotatable bonds is 6. The van der Waals surface area contributed by atoms with E-state index >= 15 is 0 Å². The molecule has 0 radical (unpaired) electrons. The van der Waals surface area contributed by atoms with Crippen molar-refractivity contribution < 1.29 is 4.42 Å². The van der Waals surface area contributed by atoms with Gasteiger partial charge in [0.15, 0.2) is 0 Å². The van der Waals surface area contributed by atoms with E-state index in [0.717, 1.165) is 24.0 Å². The third kappa shape index (κ3) is 3.33. The fourth-order valence-corrected chi connectivity index (χ4v) is 2.15. The van der Waals surface area contributed by atoms with E-state index in [1.807, 2.05) is 6.92 Å². The third-order valence-electron chi connectivity index (χ3n) is 3.57. The minimum atomic E-state index is 0.491. The zero-order valence-corrected chi connectivity index (χ0v) is 11.2. The van der Waals surface area contributed by atoms with E-state index in [0.29, 0.717) is 12.6 Å². The Kier molecular flexibility index (Phi) is 3.89. The lowest BCUT2D eigenvalue weighted by Crippen LogP contribution is -2.32. The Labute approximate surface area is 104 Å². The number of hydrogen-bond acceptors (Lipinski definition) is 3. The largest absolute Gasteiger partial charge is 0.465 e. The molecule has 1 aromatic rings. The third-order valence-corrected chi connectivity index (χ3v) is 3.57. The summed E-state index contributed by atoms with van der Waals surface area (Å²) < 4.78 is 5.61. The van der Waals surface area contributed by atoms with Gasteiger partial charge in [-0.05, 0) is 45.6 Å². The predicted molar refractivity (Wildman–Crippen MR) is 69.6 cm³/mol. The number of hydrogen-bond donors (Lipinski definition) is 1. The van der Waals surface area contributed by atoms with Crippen LogP contribution in [0.5, 0.6) is 0 Å². The van der Waals surface area contributed by atoms with Crippen molar-refractivity contribution in [1.29, 1.82) is 0 Å². The molecule has 0 aromatic carbocycles. The standard InChI is InChI=1S/C14H24N2O/c1-10(2)16(8-12-4-5-12)9-13-6-14(7-15)17-11(13)3/h6,10,12H,4-5,7-9,15H2,1-3H3. The van der Waals surface area contributed by atoms with E-state index in [9.17, 15) is 0 Å². The summed E-state index contributed by atoms with van der Waals surface area (Å²) in [7, 11) is 0. The molecule has 96 valence electrons. The van der Waals surface area contributed by atoms with Crippen LogP contribution in [0.4, 0.5) is 0 Å². The van der Waals surface area contributed by atoms with Gasteiger partial charge in [0.05, 0.1) is 6.54 Å². The van der Waals surface area contributed by atoms with Gasteiger partial charge in [0, 0.05) is 24.7 Å². The smallest absolute Gasteiger partial charge is 0.118 e. The Morgan fingerprint density at radius 3 is 2.65 bits per heavy atom. The summed E-state index contributed by atoms with van der Waals surface area (Å²) in [6.45, 7) is 9.27. The molecule has 0 bridgehead atoms. The molecule has 0 aliphatic heterocycles. The summed E-state index contributed by atoms with van der Waals surface area (Å²) in [5.41, 5.74) is 6.90. The fourth-order valence-electron chi connectivity index (χ4n) is 2.15. The fraction of sp³-hybridized carbons (Fsp3) is 0.714. The molecular weight excluding hydrogens is 212 g/mol. The van der Waals surface area contributed by atoms with Crippen LogP contribution in [0.15, 0.2) is 10.5 Å². The van der Waals surface area contributed by atoms with E-state index in [1.165, 1.54) is 24.9 Å². The maximum Gasteiger partial charge on any atom is 0.118 e. The molecule has 1 aliphatic carbocycles. The maximum absolute atomic E-state index is 5.61. The highest BCUT2D eigenvalue weighted by molar-refractivity contribution is 5.20. The van der Waals surface area contributed by atoms with Crippen molar-refractivity contribution >= 4 is 0 Å². The van der Waals surface area contributed by atoms with Crippen LogP contribution in [0.1, 0.15) is 43.8 Å². The van der Waals surface area contributed by atoms with Crippen molar-refractivity contribution in [3.05, 3.63) is 23.2 Å². The van der Waals surface area contributed by atoms with Gasteiger partial charge < -0.3 is 10.2 Å². The van der Waals surface area contributed by atoms with Gasteiger partial charge in [0.1, 0.15) is 11.5 Å². The molecule has 1 aliphatic rings. The molecular formula is C14H24N2O. The first-order valence-corrected chi connectivity index (χ1v) is 6.62. The molecule has 1 aromatic heterocycles. The Hall–Kier alpha value is -0.800. The maximum atomic E-state index is 5.61. The minimum Gasteiger partial charge on any atom is -0.465 e. The molecule has 0 atom stereocenters. The monoisotopic (exact) mass is 236 g/mol. The van der Waals surface area contributed by atoms with Crippen LogP contribution in [0.3, 0.4) is 0 Å². The van der Waals surface area contributed by atoms with Crippen LogP contribution < -0.4 is 5.73 Å². The summed E-state index contributed by atoms with van der Waals surface area (Å²) >= 11 is 0. The minimum absolute atomic E-state index is 0.491. The number of nitrogens with zero attached hydrogens (tertiary/aromatic N) is 1. The molecule has 1 saturated carbocycles. The van der Waals surface area contributed by atoms with E-state index in [-0.39, 0.29) is 0 Å². The molecule has 1 heterocycles. The molecule has 0 amide bonds. The first-order valence-electron chi connectivity index (χ1n) is 6.62. The Bertz CT molecular complexity index is 366. The zero-order chi connectivity index (χ0) is 12.4. The number of nitrogens with two attached hydrogens (primary N) is 1. The highest BCUT2D eigenvalue weighted by Gasteiger charge is 2.26. The van der Waals surface area contributed by atoms with E-state index in [4.69, 9.17) is 10.2 Å². The number of furan rings is 1. The van der Waals surface area contributed by atoms with Crippen LogP contribution in [0, 0.1) is 12.8 Å². The topological polar surface area (TPSA) is 42.4 Å². The Morgan fingerprint density at radius 1 is 1.47 bits per heavy atom. The van der Waals surface area contributed by atoms with Crippen molar-refractivity contribution in [2.75, 3.05) is 6.54 Å². The van der Waals surface area contributed by atoms with E-state index in [2.05, 4.69) is 24.8 Å². The first-order chi connectivity index (χ1) is 8.10. The second-order valence-electron chi connectivity index (χ2n) is 5.46. The van der Waals surface area contributed by atoms with Crippen molar-refractivity contribution in [2.24, 2.45) is 11.7 Å². The van der Waals surface area contributed by atoms with Crippen molar-refractivity contribution in [1.82, 2.24) is 4.90 Å². The lowest BCUT2D eigenvalue weighted by atomic mass is 10.2. The Balaban J connectivity index is 2.02. The molecule has 2 rings (SSSR count). The number of aryl methyl sites for hydroxylation is 1. The van der Waals surface area contributed by atoms with Gasteiger partial charge in [-0.15, -0.1) is 0 Å². The van der Waals surface area contributed by atoms with Crippen LogP contribution in [-0.2, 0) is 13.1 Å². The van der Waals surface area contributed by atoms with E-state index in [1.54, 1.807) is 0 Å². The predicted octanol–water partition coefficient (Wildman–Crippen LogP) is 2.67. The Morgan fingerprint density at radius 2 is 2.18 bits per heavy atom. The summed E-state index contributed by atoms with van der Waals surface area (Å²) in [4.78, 5) is 2.54. The van der Waals surface area contributed by atoms with Gasteiger partial charge in [0.2, 0.25) is 0 Å². The normalized spacial score (nSPS) is 16.1. The molecule has 1 fully saturated rings. The van der Waals surface area contributed by atoms with Crippen molar-refractivity contribution in [3.63, 3.8) is 0 Å². The molecule has 0 saturated heterocycles. The molecule has 17 heavy (non-hydrogen) atoms. The van der Waals surface area contributed by atoms with Crippen molar-refractivity contribution in [3.8, 4) is 0 Å². The second-order valence-corrected chi connectivity index (χ2v) is 5.46. The van der Waals surface area contributed by atoms with Gasteiger partial charge >= 0.3 is 0 Å². The summed E-state index contributed by atoms with van der Waals surface area (Å²) in [6.07, 6.45) is 2.81. The zero-order valence-electron chi connectivity index (χ0n) is 11.2. The van der Waals surface area contributed by atoms with Crippen LogP contribution >= 0.6 is 0 Å². The van der Waals surface area contributed by atoms with Gasteiger partial charge in [-0.3, -0.25) is 4.90 Å². The molecule has 0 unspecified atom stereocenters.